The summed E-state index contributed by atoms with van der Waals surface area (Å²) in [5, 5.41) is 10.6. The molecule has 0 aliphatic rings. The average Bonchev–Trinajstić information content (AvgIpc) is 2.73. The standard InChI is InChI=1S/C11H12N4O2S/c1-7-14-15-11(17-7)18-6-10(16)13-9-4-2-3-8(12)5-9/h2-5H,6,12H2,1H3,(H,13,16). The first-order chi connectivity index (χ1) is 8.63. The number of hydrogen-bond donors (Lipinski definition) is 2. The fourth-order valence-corrected chi connectivity index (χ4v) is 1.88. The molecular weight excluding hydrogens is 252 g/mol. The Labute approximate surface area is 108 Å². The number of nitrogens with zero attached hydrogens (tertiary/aromatic N) is 2. The van der Waals surface area contributed by atoms with Crippen LogP contribution in [-0.2, 0) is 4.79 Å². The number of carbonyl (C=O) groups is 1. The van der Waals surface area contributed by atoms with Gasteiger partial charge in [0.25, 0.3) is 5.22 Å². The molecule has 0 atom stereocenters. The SMILES string of the molecule is Cc1nnc(SCC(=O)Nc2cccc(N)c2)o1. The number of benzene rings is 1. The first-order valence-corrected chi connectivity index (χ1v) is 6.20. The van der Waals surface area contributed by atoms with Gasteiger partial charge in [-0.3, -0.25) is 4.79 Å². The second-order valence-corrected chi connectivity index (χ2v) is 4.48. The highest BCUT2D eigenvalue weighted by Gasteiger charge is 2.08. The van der Waals surface area contributed by atoms with E-state index >= 15 is 0 Å². The van der Waals surface area contributed by atoms with Gasteiger partial charge >= 0.3 is 0 Å². The maximum Gasteiger partial charge on any atom is 0.277 e. The second kappa shape index (κ2) is 5.54. The minimum absolute atomic E-state index is 0.151. The summed E-state index contributed by atoms with van der Waals surface area (Å²) in [5.74, 6) is 0.534. The third kappa shape index (κ3) is 3.49. The Morgan fingerprint density at radius 3 is 3.00 bits per heavy atom. The Hall–Kier alpha value is -2.02. The molecule has 7 heteroatoms. The Kier molecular flexibility index (Phi) is 3.83. The zero-order chi connectivity index (χ0) is 13.0. The highest BCUT2D eigenvalue weighted by atomic mass is 32.2. The van der Waals surface area contributed by atoms with Gasteiger partial charge in [-0.2, -0.15) is 0 Å². The molecule has 2 aromatic rings. The number of amides is 1. The molecule has 0 fully saturated rings. The topological polar surface area (TPSA) is 94.0 Å². The summed E-state index contributed by atoms with van der Waals surface area (Å²) in [4.78, 5) is 11.6. The fraction of sp³-hybridized carbons (Fsp3) is 0.182. The zero-order valence-corrected chi connectivity index (χ0v) is 10.5. The predicted molar refractivity (Wildman–Crippen MR) is 69.2 cm³/mol. The van der Waals surface area contributed by atoms with E-state index < -0.39 is 0 Å². The van der Waals surface area contributed by atoms with Crippen molar-refractivity contribution in [3.63, 3.8) is 0 Å². The first kappa shape index (κ1) is 12.4. The van der Waals surface area contributed by atoms with Crippen molar-refractivity contribution >= 4 is 29.0 Å². The van der Waals surface area contributed by atoms with Crippen LogP contribution in [0.15, 0.2) is 33.9 Å². The minimum Gasteiger partial charge on any atom is -0.416 e. The number of anilines is 2. The molecule has 6 nitrogen and oxygen atoms in total. The van der Waals surface area contributed by atoms with Gasteiger partial charge in [0.1, 0.15) is 0 Å². The van der Waals surface area contributed by atoms with Crippen LogP contribution < -0.4 is 11.1 Å². The Morgan fingerprint density at radius 2 is 2.33 bits per heavy atom. The smallest absolute Gasteiger partial charge is 0.277 e. The molecule has 0 aliphatic heterocycles. The third-order valence-corrected chi connectivity index (χ3v) is 2.82. The van der Waals surface area contributed by atoms with Gasteiger partial charge in [-0.1, -0.05) is 17.8 Å². The number of carbonyl (C=O) groups excluding carboxylic acids is 1. The molecule has 1 heterocycles. The Balaban J connectivity index is 1.85. The molecule has 1 aromatic heterocycles. The summed E-state index contributed by atoms with van der Waals surface area (Å²) >= 11 is 1.19. The summed E-state index contributed by atoms with van der Waals surface area (Å²) in [6, 6.07) is 7.00. The summed E-state index contributed by atoms with van der Waals surface area (Å²) in [5.41, 5.74) is 6.89. The molecule has 0 aliphatic carbocycles. The van der Waals surface area contributed by atoms with Gasteiger partial charge in [-0.05, 0) is 18.2 Å². The van der Waals surface area contributed by atoms with E-state index in [1.165, 1.54) is 11.8 Å². The van der Waals surface area contributed by atoms with Crippen LogP contribution in [0.5, 0.6) is 0 Å². The van der Waals surface area contributed by atoms with E-state index in [9.17, 15) is 4.79 Å². The highest BCUT2D eigenvalue weighted by molar-refractivity contribution is 7.99. The first-order valence-electron chi connectivity index (χ1n) is 5.22. The number of rotatable bonds is 4. The molecule has 18 heavy (non-hydrogen) atoms. The molecule has 1 amide bonds. The van der Waals surface area contributed by atoms with Crippen molar-refractivity contribution in [1.29, 1.82) is 0 Å². The van der Waals surface area contributed by atoms with Gasteiger partial charge in [0.05, 0.1) is 5.75 Å². The van der Waals surface area contributed by atoms with E-state index in [0.717, 1.165) is 0 Å². The molecule has 0 unspecified atom stereocenters. The van der Waals surface area contributed by atoms with Crippen molar-refractivity contribution in [2.45, 2.75) is 12.1 Å². The summed E-state index contributed by atoms with van der Waals surface area (Å²) in [7, 11) is 0. The number of nitrogens with one attached hydrogen (secondary N) is 1. The van der Waals surface area contributed by atoms with Crippen LogP contribution in [0.1, 0.15) is 5.89 Å². The molecule has 0 bridgehead atoms. The van der Waals surface area contributed by atoms with E-state index in [2.05, 4.69) is 15.5 Å². The quantitative estimate of drug-likeness (QED) is 0.644. The summed E-state index contributed by atoms with van der Waals surface area (Å²) in [6.07, 6.45) is 0. The maximum absolute atomic E-state index is 11.6. The van der Waals surface area contributed by atoms with Crippen LogP contribution in [-0.4, -0.2) is 21.9 Å². The maximum atomic E-state index is 11.6. The van der Waals surface area contributed by atoms with E-state index in [4.69, 9.17) is 10.2 Å². The molecule has 2 rings (SSSR count). The number of nitrogen functional groups attached to an aromatic ring is 1. The van der Waals surface area contributed by atoms with Gasteiger partial charge < -0.3 is 15.5 Å². The molecule has 1 aromatic carbocycles. The highest BCUT2D eigenvalue weighted by Crippen LogP contribution is 2.17. The normalized spacial score (nSPS) is 10.3. The summed E-state index contributed by atoms with van der Waals surface area (Å²) in [6.45, 7) is 1.70. The lowest BCUT2D eigenvalue weighted by atomic mass is 10.3. The molecular formula is C11H12N4O2S. The van der Waals surface area contributed by atoms with Gasteiger partial charge in [0.15, 0.2) is 0 Å². The Bertz CT molecular complexity index is 555. The van der Waals surface area contributed by atoms with Crippen molar-refractivity contribution in [3.05, 3.63) is 30.2 Å². The molecule has 0 spiro atoms. The molecule has 94 valence electrons. The van der Waals surface area contributed by atoms with Crippen molar-refractivity contribution < 1.29 is 9.21 Å². The molecule has 0 saturated heterocycles. The Morgan fingerprint density at radius 1 is 1.50 bits per heavy atom. The van der Waals surface area contributed by atoms with Crippen LogP contribution in [0.2, 0.25) is 0 Å². The van der Waals surface area contributed by atoms with Crippen LogP contribution in [0.3, 0.4) is 0 Å². The van der Waals surface area contributed by atoms with Crippen molar-refractivity contribution in [2.24, 2.45) is 0 Å². The summed E-state index contributed by atoms with van der Waals surface area (Å²) < 4.78 is 5.14. The van der Waals surface area contributed by atoms with Crippen molar-refractivity contribution in [3.8, 4) is 0 Å². The van der Waals surface area contributed by atoms with Crippen molar-refractivity contribution in [1.82, 2.24) is 10.2 Å². The lowest BCUT2D eigenvalue weighted by molar-refractivity contribution is -0.113. The van der Waals surface area contributed by atoms with Gasteiger partial charge in [-0.25, -0.2) is 0 Å². The van der Waals surface area contributed by atoms with Crippen LogP contribution in [0.4, 0.5) is 11.4 Å². The van der Waals surface area contributed by atoms with Crippen LogP contribution in [0.25, 0.3) is 0 Å². The van der Waals surface area contributed by atoms with E-state index in [1.54, 1.807) is 31.2 Å². The third-order valence-electron chi connectivity index (χ3n) is 2.00. The van der Waals surface area contributed by atoms with E-state index in [-0.39, 0.29) is 11.7 Å². The molecule has 3 N–H and O–H groups in total. The fourth-order valence-electron chi connectivity index (χ4n) is 1.28. The zero-order valence-electron chi connectivity index (χ0n) is 9.71. The van der Waals surface area contributed by atoms with E-state index in [1.807, 2.05) is 0 Å². The minimum atomic E-state index is -0.151. The number of aryl methyl sites for hydroxylation is 1. The lowest BCUT2D eigenvalue weighted by Crippen LogP contribution is -2.14. The number of hydrogen-bond acceptors (Lipinski definition) is 6. The van der Waals surface area contributed by atoms with Crippen LogP contribution >= 0.6 is 11.8 Å². The second-order valence-electron chi connectivity index (χ2n) is 3.55. The predicted octanol–water partition coefficient (Wildman–Crippen LogP) is 1.69. The average molecular weight is 264 g/mol. The number of nitrogens with two attached hydrogens (primary N) is 1. The van der Waals surface area contributed by atoms with Gasteiger partial charge in [0.2, 0.25) is 11.8 Å². The van der Waals surface area contributed by atoms with E-state index in [0.29, 0.717) is 22.5 Å². The number of thioether (sulfide) groups is 1. The lowest BCUT2D eigenvalue weighted by Gasteiger charge is -2.04. The van der Waals surface area contributed by atoms with Gasteiger partial charge in [0, 0.05) is 18.3 Å². The number of aromatic nitrogens is 2. The molecule has 0 saturated carbocycles. The largest absolute Gasteiger partial charge is 0.416 e. The monoisotopic (exact) mass is 264 g/mol. The molecule has 0 radical (unpaired) electrons. The van der Waals surface area contributed by atoms with Crippen molar-refractivity contribution in [2.75, 3.05) is 16.8 Å². The van der Waals surface area contributed by atoms with Crippen LogP contribution in [0, 0.1) is 6.92 Å². The van der Waals surface area contributed by atoms with Gasteiger partial charge in [-0.15, -0.1) is 10.2 Å².